The molecule has 0 radical (unpaired) electrons. The molecule has 0 saturated carbocycles. The van der Waals surface area contributed by atoms with E-state index in [1.54, 1.807) is 12.3 Å². The standard InChI is InChI=1S/C11H10N4O2S/c1-18-11-9(3-2-6-12-11)14-10-5-4-8(7-13-10)15(16)17/h2-7H,1H3,(H,13,14). The summed E-state index contributed by atoms with van der Waals surface area (Å²) in [6.45, 7) is 0. The van der Waals surface area contributed by atoms with Crippen LogP contribution in [-0.2, 0) is 0 Å². The van der Waals surface area contributed by atoms with Gasteiger partial charge in [0.15, 0.2) is 0 Å². The van der Waals surface area contributed by atoms with E-state index in [1.807, 2.05) is 18.4 Å². The number of nitrogens with one attached hydrogen (secondary N) is 1. The fourth-order valence-corrected chi connectivity index (χ4v) is 1.86. The third kappa shape index (κ3) is 2.75. The predicted octanol–water partition coefficient (Wildman–Crippen LogP) is 2.85. The number of rotatable bonds is 4. The Hall–Kier alpha value is -2.15. The molecule has 0 fully saturated rings. The Kier molecular flexibility index (Phi) is 3.73. The minimum Gasteiger partial charge on any atom is -0.338 e. The van der Waals surface area contributed by atoms with Crippen LogP contribution < -0.4 is 5.32 Å². The Morgan fingerprint density at radius 3 is 2.78 bits per heavy atom. The lowest BCUT2D eigenvalue weighted by Gasteiger charge is -2.07. The maximum absolute atomic E-state index is 10.5. The lowest BCUT2D eigenvalue weighted by Crippen LogP contribution is -1.97. The first-order valence-corrected chi connectivity index (χ1v) is 6.29. The second-order valence-electron chi connectivity index (χ2n) is 3.34. The van der Waals surface area contributed by atoms with Crippen LogP contribution in [0.5, 0.6) is 0 Å². The van der Waals surface area contributed by atoms with Crippen LogP contribution in [0.15, 0.2) is 41.7 Å². The van der Waals surface area contributed by atoms with Crippen LogP contribution in [0.4, 0.5) is 17.2 Å². The van der Waals surface area contributed by atoms with Crippen LogP contribution in [0.2, 0.25) is 0 Å². The topological polar surface area (TPSA) is 81.0 Å². The zero-order valence-corrected chi connectivity index (χ0v) is 10.3. The second kappa shape index (κ2) is 5.46. The van der Waals surface area contributed by atoms with Gasteiger partial charge in [0, 0.05) is 12.3 Å². The summed E-state index contributed by atoms with van der Waals surface area (Å²) in [5, 5.41) is 14.4. The second-order valence-corrected chi connectivity index (χ2v) is 4.14. The summed E-state index contributed by atoms with van der Waals surface area (Å²) in [4.78, 5) is 18.2. The van der Waals surface area contributed by atoms with Gasteiger partial charge in [0.1, 0.15) is 17.0 Å². The summed E-state index contributed by atoms with van der Waals surface area (Å²) >= 11 is 1.51. The van der Waals surface area contributed by atoms with Crippen molar-refractivity contribution in [1.82, 2.24) is 9.97 Å². The van der Waals surface area contributed by atoms with Gasteiger partial charge in [0.25, 0.3) is 5.69 Å². The first-order chi connectivity index (χ1) is 8.70. The zero-order valence-electron chi connectivity index (χ0n) is 9.53. The summed E-state index contributed by atoms with van der Waals surface area (Å²) in [6, 6.07) is 6.66. The van der Waals surface area contributed by atoms with Crippen molar-refractivity contribution in [3.63, 3.8) is 0 Å². The molecule has 1 N–H and O–H groups in total. The maximum atomic E-state index is 10.5. The van der Waals surface area contributed by atoms with E-state index in [0.717, 1.165) is 10.7 Å². The predicted molar refractivity (Wildman–Crippen MR) is 70.2 cm³/mol. The molecule has 0 unspecified atom stereocenters. The average molecular weight is 262 g/mol. The Bertz CT molecular complexity index is 559. The van der Waals surface area contributed by atoms with Crippen molar-refractivity contribution in [3.05, 3.63) is 46.8 Å². The van der Waals surface area contributed by atoms with Crippen LogP contribution in [0.1, 0.15) is 0 Å². The number of aromatic nitrogens is 2. The van der Waals surface area contributed by atoms with E-state index in [4.69, 9.17) is 0 Å². The molecule has 0 bridgehead atoms. The molecule has 2 aromatic heterocycles. The quantitative estimate of drug-likeness (QED) is 0.518. The maximum Gasteiger partial charge on any atom is 0.287 e. The highest BCUT2D eigenvalue weighted by molar-refractivity contribution is 7.98. The number of hydrogen-bond acceptors (Lipinski definition) is 6. The fourth-order valence-electron chi connectivity index (χ4n) is 1.35. The SMILES string of the molecule is CSc1ncccc1Nc1ccc([N+](=O)[O-])cn1. The monoisotopic (exact) mass is 262 g/mol. The third-order valence-corrected chi connectivity index (χ3v) is 2.90. The highest BCUT2D eigenvalue weighted by atomic mass is 32.2. The van der Waals surface area contributed by atoms with E-state index in [1.165, 1.54) is 24.0 Å². The third-order valence-electron chi connectivity index (χ3n) is 2.19. The lowest BCUT2D eigenvalue weighted by atomic mass is 10.4. The molecule has 2 rings (SSSR count). The molecule has 0 atom stereocenters. The van der Waals surface area contributed by atoms with Gasteiger partial charge in [-0.2, -0.15) is 0 Å². The van der Waals surface area contributed by atoms with E-state index in [9.17, 15) is 10.1 Å². The van der Waals surface area contributed by atoms with E-state index in [0.29, 0.717) is 5.82 Å². The van der Waals surface area contributed by atoms with Crippen molar-refractivity contribution in [1.29, 1.82) is 0 Å². The molecule has 0 aliphatic heterocycles. The number of hydrogen-bond donors (Lipinski definition) is 1. The normalized spacial score (nSPS) is 10.1. The van der Waals surface area contributed by atoms with Gasteiger partial charge in [-0.25, -0.2) is 9.97 Å². The van der Waals surface area contributed by atoms with Crippen molar-refractivity contribution in [2.24, 2.45) is 0 Å². The lowest BCUT2D eigenvalue weighted by molar-refractivity contribution is -0.385. The number of nitro groups is 1. The van der Waals surface area contributed by atoms with E-state index < -0.39 is 4.92 Å². The van der Waals surface area contributed by atoms with E-state index in [2.05, 4.69) is 15.3 Å². The Labute approximate surface area is 108 Å². The molecule has 6 nitrogen and oxygen atoms in total. The highest BCUT2D eigenvalue weighted by Crippen LogP contribution is 2.25. The number of pyridine rings is 2. The zero-order chi connectivity index (χ0) is 13.0. The molecular formula is C11H10N4O2S. The molecular weight excluding hydrogens is 252 g/mol. The van der Waals surface area contributed by atoms with Gasteiger partial charge in [0.2, 0.25) is 0 Å². The molecule has 0 aliphatic carbocycles. The summed E-state index contributed by atoms with van der Waals surface area (Å²) in [5.41, 5.74) is 0.795. The molecule has 0 saturated heterocycles. The van der Waals surface area contributed by atoms with Crippen molar-refractivity contribution in [3.8, 4) is 0 Å². The van der Waals surface area contributed by atoms with Gasteiger partial charge in [-0.05, 0) is 24.5 Å². The minimum atomic E-state index is -0.478. The molecule has 0 spiro atoms. The van der Waals surface area contributed by atoms with Gasteiger partial charge in [-0.3, -0.25) is 10.1 Å². The van der Waals surface area contributed by atoms with Crippen LogP contribution in [-0.4, -0.2) is 21.1 Å². The number of anilines is 2. The molecule has 7 heteroatoms. The van der Waals surface area contributed by atoms with Gasteiger partial charge in [-0.15, -0.1) is 11.8 Å². The molecule has 18 heavy (non-hydrogen) atoms. The average Bonchev–Trinajstić information content (AvgIpc) is 2.40. The van der Waals surface area contributed by atoms with Crippen LogP contribution in [0, 0.1) is 10.1 Å². The first kappa shape index (κ1) is 12.3. The van der Waals surface area contributed by atoms with Crippen molar-refractivity contribution in [2.75, 3.05) is 11.6 Å². The van der Waals surface area contributed by atoms with Crippen molar-refractivity contribution < 1.29 is 4.92 Å². The van der Waals surface area contributed by atoms with E-state index >= 15 is 0 Å². The Morgan fingerprint density at radius 1 is 1.33 bits per heavy atom. The molecule has 0 amide bonds. The Morgan fingerprint density at radius 2 is 2.17 bits per heavy atom. The highest BCUT2D eigenvalue weighted by Gasteiger charge is 2.07. The summed E-state index contributed by atoms with van der Waals surface area (Å²) in [7, 11) is 0. The van der Waals surface area contributed by atoms with Gasteiger partial charge < -0.3 is 5.32 Å². The van der Waals surface area contributed by atoms with Crippen LogP contribution in [0.3, 0.4) is 0 Å². The van der Waals surface area contributed by atoms with Crippen molar-refractivity contribution in [2.45, 2.75) is 5.03 Å². The van der Waals surface area contributed by atoms with Crippen LogP contribution in [0.25, 0.3) is 0 Å². The fraction of sp³-hybridized carbons (Fsp3) is 0.0909. The molecule has 92 valence electrons. The smallest absolute Gasteiger partial charge is 0.287 e. The summed E-state index contributed by atoms with van der Waals surface area (Å²) in [6.07, 6.45) is 4.86. The van der Waals surface area contributed by atoms with Gasteiger partial charge in [-0.1, -0.05) is 0 Å². The molecule has 0 aromatic carbocycles. The largest absolute Gasteiger partial charge is 0.338 e. The molecule has 2 heterocycles. The molecule has 2 aromatic rings. The number of thioether (sulfide) groups is 1. The number of nitrogens with zero attached hydrogens (tertiary/aromatic N) is 3. The Balaban J connectivity index is 2.21. The van der Waals surface area contributed by atoms with Crippen molar-refractivity contribution >= 4 is 29.0 Å². The van der Waals surface area contributed by atoms with Gasteiger partial charge in [0.05, 0.1) is 10.6 Å². The first-order valence-electron chi connectivity index (χ1n) is 5.07. The van der Waals surface area contributed by atoms with E-state index in [-0.39, 0.29) is 5.69 Å². The minimum absolute atomic E-state index is 0.0307. The molecule has 0 aliphatic rings. The summed E-state index contributed by atoms with van der Waals surface area (Å²) in [5.74, 6) is 0.545. The van der Waals surface area contributed by atoms with Gasteiger partial charge >= 0.3 is 0 Å². The summed E-state index contributed by atoms with van der Waals surface area (Å²) < 4.78 is 0. The van der Waals surface area contributed by atoms with Crippen LogP contribution >= 0.6 is 11.8 Å².